The van der Waals surface area contributed by atoms with Crippen molar-refractivity contribution in [3.05, 3.63) is 29.3 Å². The van der Waals surface area contributed by atoms with Gasteiger partial charge < -0.3 is 5.32 Å². The molecular formula is C17H22N2OS. The Morgan fingerprint density at radius 3 is 2.95 bits per heavy atom. The molecule has 0 aliphatic heterocycles. The van der Waals surface area contributed by atoms with Crippen molar-refractivity contribution in [2.24, 2.45) is 5.92 Å². The number of rotatable bonds is 4. The topological polar surface area (TPSA) is 42.0 Å². The number of benzene rings is 1. The summed E-state index contributed by atoms with van der Waals surface area (Å²) in [6.07, 6.45) is 6.21. The van der Waals surface area contributed by atoms with Crippen LogP contribution in [0.4, 0.5) is 0 Å². The number of hydrogen-bond donors (Lipinski definition) is 1. The molecule has 0 unspecified atom stereocenters. The van der Waals surface area contributed by atoms with Gasteiger partial charge in [0, 0.05) is 18.9 Å². The molecule has 1 saturated carbocycles. The number of amides is 1. The van der Waals surface area contributed by atoms with Gasteiger partial charge in [0.05, 0.1) is 15.2 Å². The van der Waals surface area contributed by atoms with Crippen LogP contribution in [0.2, 0.25) is 0 Å². The summed E-state index contributed by atoms with van der Waals surface area (Å²) >= 11 is 1.69. The molecule has 21 heavy (non-hydrogen) atoms. The van der Waals surface area contributed by atoms with Crippen LogP contribution in [0.5, 0.6) is 0 Å². The summed E-state index contributed by atoms with van der Waals surface area (Å²) in [4.78, 5) is 16.7. The van der Waals surface area contributed by atoms with E-state index in [1.165, 1.54) is 24.0 Å². The molecule has 1 amide bonds. The standard InChI is InChI=1S/C17H22N2OS/c1-12-6-2-3-7-13(12)18-16(20)10-11-17-19-14-8-4-5-9-15(14)21-17/h4-5,8-9,12-13H,2-3,6-7,10-11H2,1H3,(H,18,20)/t12-,13-/m0/s1. The molecule has 1 heterocycles. The van der Waals surface area contributed by atoms with E-state index in [-0.39, 0.29) is 5.91 Å². The summed E-state index contributed by atoms with van der Waals surface area (Å²) in [6, 6.07) is 8.52. The minimum absolute atomic E-state index is 0.174. The quantitative estimate of drug-likeness (QED) is 0.930. The van der Waals surface area contributed by atoms with Gasteiger partial charge in [0.2, 0.25) is 5.91 Å². The van der Waals surface area contributed by atoms with E-state index < -0.39 is 0 Å². The summed E-state index contributed by atoms with van der Waals surface area (Å²) in [5.41, 5.74) is 1.04. The normalized spacial score (nSPS) is 22.3. The predicted molar refractivity (Wildman–Crippen MR) is 87.5 cm³/mol. The number of nitrogens with zero attached hydrogens (tertiary/aromatic N) is 1. The average molecular weight is 302 g/mol. The number of carbonyl (C=O) groups excluding carboxylic acids is 1. The van der Waals surface area contributed by atoms with E-state index in [4.69, 9.17) is 0 Å². The van der Waals surface area contributed by atoms with Gasteiger partial charge in [-0.2, -0.15) is 0 Å². The molecule has 1 fully saturated rings. The molecule has 1 aromatic heterocycles. The highest BCUT2D eigenvalue weighted by molar-refractivity contribution is 7.18. The lowest BCUT2D eigenvalue weighted by Gasteiger charge is -2.29. The summed E-state index contributed by atoms with van der Waals surface area (Å²) in [5.74, 6) is 0.790. The zero-order valence-electron chi connectivity index (χ0n) is 12.5. The highest BCUT2D eigenvalue weighted by atomic mass is 32.1. The summed E-state index contributed by atoms with van der Waals surface area (Å²) in [5, 5.41) is 4.27. The van der Waals surface area contributed by atoms with Crippen molar-refractivity contribution in [1.29, 1.82) is 0 Å². The maximum absolute atomic E-state index is 12.1. The Hall–Kier alpha value is -1.42. The van der Waals surface area contributed by atoms with Crippen LogP contribution in [0, 0.1) is 5.92 Å². The monoisotopic (exact) mass is 302 g/mol. The third kappa shape index (κ3) is 3.62. The second-order valence-electron chi connectivity index (χ2n) is 6.01. The van der Waals surface area contributed by atoms with Gasteiger partial charge >= 0.3 is 0 Å². The summed E-state index contributed by atoms with van der Waals surface area (Å²) < 4.78 is 1.20. The maximum Gasteiger partial charge on any atom is 0.220 e. The Morgan fingerprint density at radius 1 is 1.33 bits per heavy atom. The minimum Gasteiger partial charge on any atom is -0.353 e. The van der Waals surface area contributed by atoms with Crippen molar-refractivity contribution in [3.8, 4) is 0 Å². The number of fused-ring (bicyclic) bond motifs is 1. The van der Waals surface area contributed by atoms with Crippen molar-refractivity contribution in [1.82, 2.24) is 10.3 Å². The van der Waals surface area contributed by atoms with Crippen LogP contribution >= 0.6 is 11.3 Å². The van der Waals surface area contributed by atoms with Gasteiger partial charge in [0.25, 0.3) is 0 Å². The van der Waals surface area contributed by atoms with Crippen LogP contribution in [-0.2, 0) is 11.2 Å². The Morgan fingerprint density at radius 2 is 2.14 bits per heavy atom. The van der Waals surface area contributed by atoms with E-state index >= 15 is 0 Å². The fraction of sp³-hybridized carbons (Fsp3) is 0.529. The van der Waals surface area contributed by atoms with Crippen LogP contribution < -0.4 is 5.32 Å². The van der Waals surface area contributed by atoms with Crippen molar-refractivity contribution in [2.75, 3.05) is 0 Å². The number of para-hydroxylation sites is 1. The second-order valence-corrected chi connectivity index (χ2v) is 7.13. The molecule has 4 heteroatoms. The van der Waals surface area contributed by atoms with Crippen molar-refractivity contribution in [2.45, 2.75) is 51.5 Å². The zero-order chi connectivity index (χ0) is 14.7. The van der Waals surface area contributed by atoms with E-state index in [1.54, 1.807) is 11.3 Å². The van der Waals surface area contributed by atoms with Gasteiger partial charge in [-0.3, -0.25) is 4.79 Å². The van der Waals surface area contributed by atoms with Crippen LogP contribution in [-0.4, -0.2) is 16.9 Å². The molecule has 1 aliphatic carbocycles. The molecule has 0 bridgehead atoms. The number of thiazole rings is 1. The first kappa shape index (κ1) is 14.5. The SMILES string of the molecule is C[C@H]1CCCC[C@@H]1NC(=O)CCc1nc2ccccc2s1. The number of nitrogens with one attached hydrogen (secondary N) is 1. The fourth-order valence-corrected chi connectivity index (χ4v) is 4.02. The number of aromatic nitrogens is 1. The van der Waals surface area contributed by atoms with Crippen LogP contribution in [0.15, 0.2) is 24.3 Å². The molecule has 2 atom stereocenters. The summed E-state index contributed by atoms with van der Waals surface area (Å²) in [7, 11) is 0. The molecule has 112 valence electrons. The predicted octanol–water partition coefficient (Wildman–Crippen LogP) is 3.92. The summed E-state index contributed by atoms with van der Waals surface area (Å²) in [6.45, 7) is 2.25. The van der Waals surface area contributed by atoms with Gasteiger partial charge in [-0.05, 0) is 30.9 Å². The fourth-order valence-electron chi connectivity index (χ4n) is 3.06. The molecule has 1 aliphatic rings. The lowest BCUT2D eigenvalue weighted by molar-refractivity contribution is -0.122. The largest absolute Gasteiger partial charge is 0.353 e. The molecular weight excluding hydrogens is 280 g/mol. The lowest BCUT2D eigenvalue weighted by atomic mass is 9.86. The zero-order valence-corrected chi connectivity index (χ0v) is 13.3. The Labute approximate surface area is 129 Å². The average Bonchev–Trinajstić information content (AvgIpc) is 2.90. The van der Waals surface area contributed by atoms with Crippen molar-refractivity contribution >= 4 is 27.5 Å². The minimum atomic E-state index is 0.174. The molecule has 1 aromatic carbocycles. The Bertz CT molecular complexity index is 589. The number of carbonyl (C=O) groups is 1. The van der Waals surface area contributed by atoms with E-state index in [2.05, 4.69) is 23.3 Å². The molecule has 2 aromatic rings. The highest BCUT2D eigenvalue weighted by Gasteiger charge is 2.22. The first-order valence-corrected chi connectivity index (χ1v) is 8.68. The van der Waals surface area contributed by atoms with E-state index in [0.717, 1.165) is 23.4 Å². The van der Waals surface area contributed by atoms with Crippen molar-refractivity contribution in [3.63, 3.8) is 0 Å². The Kier molecular flexibility index (Phi) is 4.54. The molecule has 3 rings (SSSR count). The third-order valence-electron chi connectivity index (χ3n) is 4.36. The van der Waals surface area contributed by atoms with E-state index in [0.29, 0.717) is 18.4 Å². The van der Waals surface area contributed by atoms with Gasteiger partial charge in [-0.25, -0.2) is 4.98 Å². The van der Waals surface area contributed by atoms with Crippen LogP contribution in [0.25, 0.3) is 10.2 Å². The van der Waals surface area contributed by atoms with Crippen molar-refractivity contribution < 1.29 is 4.79 Å². The third-order valence-corrected chi connectivity index (χ3v) is 5.46. The molecule has 0 spiro atoms. The van der Waals surface area contributed by atoms with E-state index in [1.807, 2.05) is 18.2 Å². The first-order chi connectivity index (χ1) is 10.2. The Balaban J connectivity index is 1.53. The molecule has 0 radical (unpaired) electrons. The van der Waals surface area contributed by atoms with Gasteiger partial charge in [0.1, 0.15) is 0 Å². The first-order valence-electron chi connectivity index (χ1n) is 7.86. The molecule has 3 nitrogen and oxygen atoms in total. The lowest BCUT2D eigenvalue weighted by Crippen LogP contribution is -2.41. The highest BCUT2D eigenvalue weighted by Crippen LogP contribution is 2.24. The van der Waals surface area contributed by atoms with E-state index in [9.17, 15) is 4.79 Å². The van der Waals surface area contributed by atoms with Gasteiger partial charge in [-0.15, -0.1) is 11.3 Å². The van der Waals surface area contributed by atoms with Crippen LogP contribution in [0.1, 0.15) is 44.0 Å². The number of aryl methyl sites for hydroxylation is 1. The smallest absolute Gasteiger partial charge is 0.220 e. The van der Waals surface area contributed by atoms with Gasteiger partial charge in [0.15, 0.2) is 0 Å². The second kappa shape index (κ2) is 6.56. The maximum atomic E-state index is 12.1. The number of hydrogen-bond acceptors (Lipinski definition) is 3. The molecule has 0 saturated heterocycles. The van der Waals surface area contributed by atoms with Crippen LogP contribution in [0.3, 0.4) is 0 Å². The molecule has 1 N–H and O–H groups in total. The van der Waals surface area contributed by atoms with Gasteiger partial charge in [-0.1, -0.05) is 31.9 Å².